The monoisotopic (exact) mass is 376 g/mol. The smallest absolute Gasteiger partial charge is 0.270 e. The lowest BCUT2D eigenvalue weighted by molar-refractivity contribution is 0.0174. The van der Waals surface area contributed by atoms with Gasteiger partial charge in [-0.1, -0.05) is 12.1 Å². The standard InChI is InChI=1S/C20H16F4N2O/c1-20(23,24)14-6-4-13(5-7-14)19(27)25-12-16-17(22)10-15(21)11-18(16)26-8-2-3-9-26/h2-11H,12H2,1H3,(H,25,27). The zero-order chi connectivity index (χ0) is 19.6. The van der Waals surface area contributed by atoms with E-state index in [0.717, 1.165) is 13.0 Å². The second-order valence-electron chi connectivity index (χ2n) is 6.12. The first-order valence-electron chi connectivity index (χ1n) is 8.13. The fourth-order valence-corrected chi connectivity index (χ4v) is 2.68. The molecular formula is C20H16F4N2O. The highest BCUT2D eigenvalue weighted by molar-refractivity contribution is 5.94. The molecule has 0 fully saturated rings. The Kier molecular flexibility index (Phi) is 5.03. The van der Waals surface area contributed by atoms with Gasteiger partial charge < -0.3 is 9.88 Å². The molecule has 1 N–H and O–H groups in total. The van der Waals surface area contributed by atoms with Gasteiger partial charge in [-0.3, -0.25) is 4.79 Å². The Morgan fingerprint density at radius 3 is 2.30 bits per heavy atom. The van der Waals surface area contributed by atoms with E-state index in [-0.39, 0.29) is 28.9 Å². The Bertz CT molecular complexity index is 945. The van der Waals surface area contributed by atoms with Gasteiger partial charge in [-0.25, -0.2) is 17.6 Å². The Morgan fingerprint density at radius 1 is 1.07 bits per heavy atom. The van der Waals surface area contributed by atoms with Gasteiger partial charge in [-0.2, -0.15) is 0 Å². The second kappa shape index (κ2) is 7.26. The maximum absolute atomic E-state index is 14.3. The molecule has 3 rings (SSSR count). The maximum Gasteiger partial charge on any atom is 0.270 e. The first kappa shape index (κ1) is 18.7. The Balaban J connectivity index is 1.80. The van der Waals surface area contributed by atoms with E-state index >= 15 is 0 Å². The number of carbonyl (C=O) groups is 1. The SMILES string of the molecule is CC(F)(F)c1ccc(C(=O)NCc2c(F)cc(F)cc2-n2cccc2)cc1. The second-order valence-corrected chi connectivity index (χ2v) is 6.12. The number of nitrogens with zero attached hydrogens (tertiary/aromatic N) is 1. The van der Waals surface area contributed by atoms with Gasteiger partial charge in [-0.15, -0.1) is 0 Å². The summed E-state index contributed by atoms with van der Waals surface area (Å²) in [5, 5.41) is 2.53. The number of benzene rings is 2. The molecule has 0 aliphatic rings. The summed E-state index contributed by atoms with van der Waals surface area (Å²) in [5.41, 5.74) is 0.322. The molecular weight excluding hydrogens is 360 g/mol. The number of rotatable bonds is 5. The van der Waals surface area contributed by atoms with Gasteiger partial charge in [0.15, 0.2) is 0 Å². The molecule has 0 bridgehead atoms. The molecule has 0 aliphatic heterocycles. The number of alkyl halides is 2. The Hall–Kier alpha value is -3.09. The van der Waals surface area contributed by atoms with Crippen LogP contribution in [0.15, 0.2) is 60.9 Å². The highest BCUT2D eigenvalue weighted by atomic mass is 19.3. The summed E-state index contributed by atoms with van der Waals surface area (Å²) in [5.74, 6) is -5.08. The summed E-state index contributed by atoms with van der Waals surface area (Å²) in [6.45, 7) is 0.576. The summed E-state index contributed by atoms with van der Waals surface area (Å²) >= 11 is 0. The lowest BCUT2D eigenvalue weighted by Crippen LogP contribution is -2.24. The lowest BCUT2D eigenvalue weighted by atomic mass is 10.1. The zero-order valence-electron chi connectivity index (χ0n) is 14.3. The Morgan fingerprint density at radius 2 is 1.70 bits per heavy atom. The molecule has 1 heterocycles. The van der Waals surface area contributed by atoms with Crippen LogP contribution in [0, 0.1) is 11.6 Å². The fraction of sp³-hybridized carbons (Fsp3) is 0.150. The van der Waals surface area contributed by atoms with Crippen molar-refractivity contribution < 1.29 is 22.4 Å². The molecule has 140 valence electrons. The van der Waals surface area contributed by atoms with E-state index in [2.05, 4.69) is 5.32 Å². The van der Waals surface area contributed by atoms with Gasteiger partial charge in [0, 0.05) is 48.6 Å². The first-order chi connectivity index (χ1) is 12.8. The van der Waals surface area contributed by atoms with E-state index < -0.39 is 23.5 Å². The average molecular weight is 376 g/mol. The molecule has 3 nitrogen and oxygen atoms in total. The van der Waals surface area contributed by atoms with E-state index in [1.54, 1.807) is 24.5 Å². The molecule has 3 aromatic rings. The van der Waals surface area contributed by atoms with E-state index in [0.29, 0.717) is 0 Å². The van der Waals surface area contributed by atoms with Crippen LogP contribution < -0.4 is 5.32 Å². The van der Waals surface area contributed by atoms with Crippen molar-refractivity contribution in [1.82, 2.24) is 9.88 Å². The third-order valence-electron chi connectivity index (χ3n) is 4.10. The number of hydrogen-bond donors (Lipinski definition) is 1. The predicted molar refractivity (Wildman–Crippen MR) is 92.9 cm³/mol. The van der Waals surface area contributed by atoms with Crippen molar-refractivity contribution in [3.8, 4) is 5.69 Å². The largest absolute Gasteiger partial charge is 0.348 e. The van der Waals surface area contributed by atoms with Crippen LogP contribution in [0.3, 0.4) is 0 Å². The van der Waals surface area contributed by atoms with Gasteiger partial charge in [-0.05, 0) is 30.3 Å². The van der Waals surface area contributed by atoms with Crippen molar-refractivity contribution in [2.75, 3.05) is 0 Å². The van der Waals surface area contributed by atoms with Crippen LogP contribution in [-0.2, 0) is 12.5 Å². The molecule has 27 heavy (non-hydrogen) atoms. The molecule has 1 amide bonds. The minimum atomic E-state index is -3.00. The van der Waals surface area contributed by atoms with Crippen molar-refractivity contribution >= 4 is 5.91 Å². The molecule has 0 unspecified atom stereocenters. The summed E-state index contributed by atoms with van der Waals surface area (Å²) in [6.07, 6.45) is 3.26. The van der Waals surface area contributed by atoms with Crippen LogP contribution in [0.1, 0.15) is 28.4 Å². The maximum atomic E-state index is 14.3. The quantitative estimate of drug-likeness (QED) is 0.638. The van der Waals surface area contributed by atoms with E-state index in [4.69, 9.17) is 0 Å². The van der Waals surface area contributed by atoms with Gasteiger partial charge in [0.1, 0.15) is 11.6 Å². The molecule has 0 atom stereocenters. The summed E-state index contributed by atoms with van der Waals surface area (Å²) in [6, 6.07) is 10.2. The van der Waals surface area contributed by atoms with Crippen LogP contribution in [0.2, 0.25) is 0 Å². The predicted octanol–water partition coefficient (Wildman–Crippen LogP) is 4.80. The van der Waals surface area contributed by atoms with Crippen LogP contribution in [0.4, 0.5) is 17.6 Å². The molecule has 0 spiro atoms. The van der Waals surface area contributed by atoms with E-state index in [1.165, 1.54) is 34.9 Å². The van der Waals surface area contributed by atoms with Crippen LogP contribution in [-0.4, -0.2) is 10.5 Å². The number of hydrogen-bond acceptors (Lipinski definition) is 1. The minimum Gasteiger partial charge on any atom is -0.348 e. The van der Waals surface area contributed by atoms with Crippen molar-refractivity contribution in [3.63, 3.8) is 0 Å². The minimum absolute atomic E-state index is 0.109. The van der Waals surface area contributed by atoms with Crippen LogP contribution in [0.25, 0.3) is 5.69 Å². The van der Waals surface area contributed by atoms with E-state index in [1.807, 2.05) is 0 Å². The molecule has 1 aromatic heterocycles. The van der Waals surface area contributed by atoms with Crippen molar-refractivity contribution in [1.29, 1.82) is 0 Å². The highest BCUT2D eigenvalue weighted by Gasteiger charge is 2.24. The number of aromatic nitrogens is 1. The normalized spacial score (nSPS) is 11.4. The molecule has 7 heteroatoms. The molecule has 0 saturated heterocycles. The summed E-state index contributed by atoms with van der Waals surface area (Å²) in [7, 11) is 0. The van der Waals surface area contributed by atoms with Crippen molar-refractivity contribution in [2.24, 2.45) is 0 Å². The third kappa shape index (κ3) is 4.19. The molecule has 2 aromatic carbocycles. The number of amides is 1. The summed E-state index contributed by atoms with van der Waals surface area (Å²) in [4.78, 5) is 12.3. The third-order valence-corrected chi connectivity index (χ3v) is 4.10. The van der Waals surface area contributed by atoms with Crippen molar-refractivity contribution in [2.45, 2.75) is 19.4 Å². The fourth-order valence-electron chi connectivity index (χ4n) is 2.68. The first-order valence-corrected chi connectivity index (χ1v) is 8.13. The summed E-state index contributed by atoms with van der Waals surface area (Å²) < 4.78 is 55.9. The topological polar surface area (TPSA) is 34.0 Å². The number of nitrogens with one attached hydrogen (secondary N) is 1. The average Bonchev–Trinajstić information content (AvgIpc) is 3.14. The van der Waals surface area contributed by atoms with Gasteiger partial charge in [0.05, 0.1) is 5.69 Å². The van der Waals surface area contributed by atoms with Crippen LogP contribution in [0.5, 0.6) is 0 Å². The van der Waals surface area contributed by atoms with Gasteiger partial charge >= 0.3 is 0 Å². The zero-order valence-corrected chi connectivity index (χ0v) is 14.3. The number of halogens is 4. The molecule has 0 saturated carbocycles. The number of carbonyl (C=O) groups excluding carboxylic acids is 1. The highest BCUT2D eigenvalue weighted by Crippen LogP contribution is 2.27. The lowest BCUT2D eigenvalue weighted by Gasteiger charge is -2.14. The van der Waals surface area contributed by atoms with E-state index in [9.17, 15) is 22.4 Å². The van der Waals surface area contributed by atoms with Gasteiger partial charge in [0.25, 0.3) is 11.8 Å². The van der Waals surface area contributed by atoms with Gasteiger partial charge in [0.2, 0.25) is 0 Å². The molecule has 0 radical (unpaired) electrons. The van der Waals surface area contributed by atoms with Crippen molar-refractivity contribution in [3.05, 3.63) is 89.2 Å². The Labute approximate surface area is 153 Å². The molecule has 0 aliphatic carbocycles. The van der Waals surface area contributed by atoms with Crippen LogP contribution >= 0.6 is 0 Å².